The van der Waals surface area contributed by atoms with E-state index in [1.54, 1.807) is 14.0 Å². The summed E-state index contributed by atoms with van der Waals surface area (Å²) >= 11 is 3.46. The average Bonchev–Trinajstić information content (AvgIpc) is 2.28. The Bertz CT molecular complexity index is 438. The normalized spacial score (nSPS) is 19.4. The van der Waals surface area contributed by atoms with Crippen LogP contribution in [0.3, 0.4) is 0 Å². The molecule has 0 aromatic heterocycles. The average molecular weight is 319 g/mol. The van der Waals surface area contributed by atoms with E-state index in [1.165, 1.54) is 12.1 Å². The highest BCUT2D eigenvalue weighted by molar-refractivity contribution is 9.09. The molecule has 1 nitrogen and oxygen atoms in total. The van der Waals surface area contributed by atoms with Gasteiger partial charge in [0, 0.05) is 17.5 Å². The van der Waals surface area contributed by atoms with E-state index in [-0.39, 0.29) is 22.1 Å². The fraction of sp³-hybridized carbons (Fsp3) is 0.571. The van der Waals surface area contributed by atoms with Crippen LogP contribution in [0, 0.1) is 18.6 Å². The molecule has 0 radical (unpaired) electrons. The quantitative estimate of drug-likeness (QED) is 0.733. The summed E-state index contributed by atoms with van der Waals surface area (Å²) in [6, 6.07) is 2.53. The third-order valence-corrected chi connectivity index (χ3v) is 4.68. The van der Waals surface area contributed by atoms with Crippen LogP contribution in [-0.4, -0.2) is 12.7 Å². The van der Waals surface area contributed by atoms with Gasteiger partial charge in [-0.1, -0.05) is 15.9 Å². The van der Waals surface area contributed by atoms with Crippen LogP contribution in [-0.2, 0) is 4.74 Å². The van der Waals surface area contributed by atoms with Crippen LogP contribution >= 0.6 is 15.9 Å². The number of alkyl halides is 1. The number of hydrogen-bond acceptors (Lipinski definition) is 1. The van der Waals surface area contributed by atoms with Crippen molar-refractivity contribution in [3.05, 3.63) is 34.9 Å². The molecule has 0 N–H and O–H groups in total. The van der Waals surface area contributed by atoms with Gasteiger partial charge in [0.05, 0.1) is 5.60 Å². The molecule has 1 aromatic rings. The fourth-order valence-corrected chi connectivity index (χ4v) is 3.34. The van der Waals surface area contributed by atoms with Crippen molar-refractivity contribution in [1.82, 2.24) is 0 Å². The SMILES string of the molecule is COC1(CC(Br)c2cc(F)c(C)cc2F)CCC1. The summed E-state index contributed by atoms with van der Waals surface area (Å²) in [6.07, 6.45) is 3.78. The van der Waals surface area contributed by atoms with Crippen molar-refractivity contribution in [3.63, 3.8) is 0 Å². The number of rotatable bonds is 4. The Morgan fingerprint density at radius 3 is 2.50 bits per heavy atom. The molecule has 1 fully saturated rings. The van der Waals surface area contributed by atoms with Gasteiger partial charge in [-0.25, -0.2) is 8.78 Å². The highest BCUT2D eigenvalue weighted by atomic mass is 79.9. The summed E-state index contributed by atoms with van der Waals surface area (Å²) < 4.78 is 32.9. The van der Waals surface area contributed by atoms with E-state index in [9.17, 15) is 8.78 Å². The zero-order valence-electron chi connectivity index (χ0n) is 10.6. The van der Waals surface area contributed by atoms with E-state index in [0.29, 0.717) is 17.5 Å². The van der Waals surface area contributed by atoms with Crippen LogP contribution in [0.1, 0.15) is 41.6 Å². The highest BCUT2D eigenvalue weighted by Gasteiger charge is 2.39. The maximum Gasteiger partial charge on any atom is 0.128 e. The minimum atomic E-state index is -0.365. The van der Waals surface area contributed by atoms with Crippen molar-refractivity contribution < 1.29 is 13.5 Å². The maximum atomic E-state index is 13.8. The smallest absolute Gasteiger partial charge is 0.128 e. The van der Waals surface area contributed by atoms with Crippen molar-refractivity contribution in [1.29, 1.82) is 0 Å². The van der Waals surface area contributed by atoms with Crippen molar-refractivity contribution in [3.8, 4) is 0 Å². The third-order valence-electron chi connectivity index (χ3n) is 3.86. The van der Waals surface area contributed by atoms with E-state index in [1.807, 2.05) is 0 Å². The molecule has 1 unspecified atom stereocenters. The van der Waals surface area contributed by atoms with Crippen LogP contribution in [0.5, 0.6) is 0 Å². The first-order valence-electron chi connectivity index (χ1n) is 6.12. The lowest BCUT2D eigenvalue weighted by Crippen LogP contribution is -2.39. The second-order valence-corrected chi connectivity index (χ2v) is 6.14. The minimum Gasteiger partial charge on any atom is -0.378 e. The van der Waals surface area contributed by atoms with Crippen molar-refractivity contribution in [2.45, 2.75) is 43.0 Å². The third kappa shape index (κ3) is 2.59. The van der Waals surface area contributed by atoms with Gasteiger partial charge in [-0.05, 0) is 50.3 Å². The van der Waals surface area contributed by atoms with Crippen LogP contribution < -0.4 is 0 Å². The molecule has 18 heavy (non-hydrogen) atoms. The van der Waals surface area contributed by atoms with E-state index >= 15 is 0 Å². The van der Waals surface area contributed by atoms with Crippen molar-refractivity contribution >= 4 is 15.9 Å². The van der Waals surface area contributed by atoms with Crippen LogP contribution in [0.2, 0.25) is 0 Å². The van der Waals surface area contributed by atoms with Crippen molar-refractivity contribution in [2.24, 2.45) is 0 Å². The Morgan fingerprint density at radius 2 is 2.00 bits per heavy atom. The topological polar surface area (TPSA) is 9.23 Å². The van der Waals surface area contributed by atoms with Gasteiger partial charge in [0.25, 0.3) is 0 Å². The lowest BCUT2D eigenvalue weighted by atomic mass is 9.76. The molecule has 2 rings (SSSR count). The molecule has 1 atom stereocenters. The Morgan fingerprint density at radius 1 is 1.33 bits per heavy atom. The lowest BCUT2D eigenvalue weighted by molar-refractivity contribution is -0.0774. The largest absolute Gasteiger partial charge is 0.378 e. The molecule has 1 aromatic carbocycles. The summed E-state index contributed by atoms with van der Waals surface area (Å²) in [6.45, 7) is 1.56. The molecule has 0 spiro atoms. The first kappa shape index (κ1) is 13.9. The lowest BCUT2D eigenvalue weighted by Gasteiger charge is -2.42. The fourth-order valence-electron chi connectivity index (χ4n) is 2.40. The standard InChI is InChI=1S/C14H17BrF2O/c1-9-6-13(17)10(7-12(9)16)11(15)8-14(18-2)4-3-5-14/h6-7,11H,3-5,8H2,1-2H3. The molecule has 0 aliphatic heterocycles. The predicted molar refractivity (Wildman–Crippen MR) is 71.0 cm³/mol. The number of methoxy groups -OCH3 is 1. The molecule has 1 aliphatic carbocycles. The van der Waals surface area contributed by atoms with Crippen LogP contribution in [0.25, 0.3) is 0 Å². The highest BCUT2D eigenvalue weighted by Crippen LogP contribution is 2.45. The van der Waals surface area contributed by atoms with Gasteiger partial charge < -0.3 is 4.74 Å². The second kappa shape index (κ2) is 5.25. The van der Waals surface area contributed by atoms with E-state index < -0.39 is 0 Å². The molecule has 0 heterocycles. The number of ether oxygens (including phenoxy) is 1. The summed E-state index contributed by atoms with van der Waals surface area (Å²) in [7, 11) is 1.69. The van der Waals surface area contributed by atoms with Crippen LogP contribution in [0.15, 0.2) is 12.1 Å². The van der Waals surface area contributed by atoms with E-state index in [2.05, 4.69) is 15.9 Å². The van der Waals surface area contributed by atoms with Gasteiger partial charge >= 0.3 is 0 Å². The Balaban J connectivity index is 2.18. The van der Waals surface area contributed by atoms with Crippen molar-refractivity contribution in [2.75, 3.05) is 7.11 Å². The van der Waals surface area contributed by atoms with Gasteiger partial charge in [0.15, 0.2) is 0 Å². The monoisotopic (exact) mass is 318 g/mol. The maximum absolute atomic E-state index is 13.8. The zero-order valence-corrected chi connectivity index (χ0v) is 12.2. The number of hydrogen-bond donors (Lipinski definition) is 0. The molecule has 4 heteroatoms. The molecule has 1 saturated carbocycles. The minimum absolute atomic E-state index is 0.165. The number of benzene rings is 1. The number of halogens is 3. The molecular weight excluding hydrogens is 302 g/mol. The summed E-state index contributed by atoms with van der Waals surface area (Å²) in [5.41, 5.74) is 0.546. The molecule has 1 aliphatic rings. The predicted octanol–water partition coefficient (Wildman–Crippen LogP) is 4.67. The summed E-state index contributed by atoms with van der Waals surface area (Å²) in [5.74, 6) is -0.725. The van der Waals surface area contributed by atoms with Gasteiger partial charge in [-0.2, -0.15) is 0 Å². The van der Waals surface area contributed by atoms with Gasteiger partial charge in [0.2, 0.25) is 0 Å². The molecule has 0 bridgehead atoms. The second-order valence-electron chi connectivity index (χ2n) is 5.04. The van der Waals surface area contributed by atoms with Gasteiger partial charge in [-0.3, -0.25) is 0 Å². The molecule has 0 amide bonds. The Hall–Kier alpha value is -0.480. The Kier molecular flexibility index (Phi) is 4.07. The Labute approximate surface area is 115 Å². The van der Waals surface area contributed by atoms with Gasteiger partial charge in [0.1, 0.15) is 11.6 Å². The first-order valence-corrected chi connectivity index (χ1v) is 7.04. The van der Waals surface area contributed by atoms with E-state index in [4.69, 9.17) is 4.74 Å². The summed E-state index contributed by atoms with van der Waals surface area (Å²) in [4.78, 5) is -0.215. The first-order chi connectivity index (χ1) is 8.47. The molecule has 0 saturated heterocycles. The summed E-state index contributed by atoms with van der Waals surface area (Å²) in [5, 5.41) is 0. The van der Waals surface area contributed by atoms with Gasteiger partial charge in [-0.15, -0.1) is 0 Å². The van der Waals surface area contributed by atoms with E-state index in [0.717, 1.165) is 19.3 Å². The molecule has 100 valence electrons. The van der Waals surface area contributed by atoms with Crippen LogP contribution in [0.4, 0.5) is 8.78 Å². The number of aryl methyl sites for hydroxylation is 1. The zero-order chi connectivity index (χ0) is 13.3. The molecular formula is C14H17BrF2O.